The molecular weight excluding hydrogens is 314 g/mol. The minimum Gasteiger partial charge on any atom is -0.508 e. The Morgan fingerprint density at radius 1 is 1.17 bits per heavy atom. The number of esters is 1. The number of methoxy groups -OCH3 is 1. The van der Waals surface area contributed by atoms with Crippen LogP contribution < -0.4 is 4.74 Å². The van der Waals surface area contributed by atoms with Crippen LogP contribution in [0, 0.1) is 11.8 Å². The van der Waals surface area contributed by atoms with E-state index in [1.807, 2.05) is 0 Å². The van der Waals surface area contributed by atoms with E-state index in [2.05, 4.69) is 9.91 Å². The molecule has 0 fully saturated rings. The van der Waals surface area contributed by atoms with Crippen LogP contribution in [-0.4, -0.2) is 23.3 Å². The highest BCUT2D eigenvalue weighted by Gasteiger charge is 2.13. The molecule has 7 heteroatoms. The fraction of sp³-hybridized carbons (Fsp3) is 0.235. The highest BCUT2D eigenvalue weighted by Crippen LogP contribution is 2.38. The Morgan fingerprint density at radius 3 is 2.58 bits per heavy atom. The molecule has 0 aliphatic heterocycles. The number of ether oxygens (including phenoxy) is 2. The smallest absolute Gasteiger partial charge is 0.305 e. The number of aromatic hydroxyl groups is 2. The second-order valence-electron chi connectivity index (χ2n) is 5.17. The van der Waals surface area contributed by atoms with Crippen LogP contribution in [-0.2, 0) is 16.0 Å². The van der Waals surface area contributed by atoms with Crippen molar-refractivity contribution in [2.75, 3.05) is 7.11 Å². The number of benzene rings is 2. The van der Waals surface area contributed by atoms with Gasteiger partial charge in [-0.1, -0.05) is 0 Å². The van der Waals surface area contributed by atoms with Crippen molar-refractivity contribution in [2.45, 2.75) is 19.8 Å². The fourth-order valence-corrected chi connectivity index (χ4v) is 2.16. The first-order valence-corrected chi connectivity index (χ1v) is 7.18. The van der Waals surface area contributed by atoms with Crippen LogP contribution in [0.5, 0.6) is 23.0 Å². The van der Waals surface area contributed by atoms with Gasteiger partial charge in [-0.05, 0) is 47.8 Å². The van der Waals surface area contributed by atoms with Crippen LogP contribution in [0.3, 0.4) is 0 Å². The number of hydrogen-bond donors (Lipinski definition) is 2. The van der Waals surface area contributed by atoms with E-state index in [1.165, 1.54) is 31.4 Å². The van der Waals surface area contributed by atoms with Gasteiger partial charge < -0.3 is 19.7 Å². The van der Waals surface area contributed by atoms with Gasteiger partial charge in [0.15, 0.2) is 11.4 Å². The summed E-state index contributed by atoms with van der Waals surface area (Å²) in [5.41, 5.74) is 1.30. The zero-order valence-electron chi connectivity index (χ0n) is 13.3. The van der Waals surface area contributed by atoms with Gasteiger partial charge in [-0.3, -0.25) is 4.79 Å². The van der Waals surface area contributed by atoms with E-state index in [-0.39, 0.29) is 35.3 Å². The van der Waals surface area contributed by atoms with E-state index in [4.69, 9.17) is 4.74 Å². The van der Waals surface area contributed by atoms with E-state index in [0.717, 1.165) is 0 Å². The van der Waals surface area contributed by atoms with Gasteiger partial charge in [-0.2, -0.15) is 0 Å². The molecule has 2 aromatic rings. The lowest BCUT2D eigenvalue weighted by atomic mass is 10.0. The third-order valence-corrected chi connectivity index (χ3v) is 3.46. The van der Waals surface area contributed by atoms with Crippen molar-refractivity contribution in [3.8, 4) is 23.0 Å². The molecule has 2 N–H and O–H groups in total. The van der Waals surface area contributed by atoms with Crippen molar-refractivity contribution in [2.24, 2.45) is 5.18 Å². The van der Waals surface area contributed by atoms with Crippen molar-refractivity contribution in [1.29, 1.82) is 0 Å². The normalized spacial score (nSPS) is 10.2. The third-order valence-electron chi connectivity index (χ3n) is 3.46. The molecule has 0 atom stereocenters. The van der Waals surface area contributed by atoms with E-state index in [1.54, 1.807) is 13.0 Å². The lowest BCUT2D eigenvalue weighted by Crippen LogP contribution is -2.02. The molecular formula is C17H17NO6. The number of nitroso groups, excluding NO2 is 1. The van der Waals surface area contributed by atoms with Crippen molar-refractivity contribution in [1.82, 2.24) is 0 Å². The average molecular weight is 331 g/mol. The summed E-state index contributed by atoms with van der Waals surface area (Å²) in [4.78, 5) is 22.0. The third kappa shape index (κ3) is 4.01. The molecule has 0 saturated heterocycles. The summed E-state index contributed by atoms with van der Waals surface area (Å²) in [6, 6.07) is 6.99. The largest absolute Gasteiger partial charge is 0.508 e. The Kier molecular flexibility index (Phi) is 5.36. The summed E-state index contributed by atoms with van der Waals surface area (Å²) in [7, 11) is 1.30. The lowest BCUT2D eigenvalue weighted by Gasteiger charge is -2.13. The number of aryl methyl sites for hydroxylation is 2. The number of rotatable bonds is 6. The zero-order chi connectivity index (χ0) is 17.7. The monoisotopic (exact) mass is 331 g/mol. The van der Waals surface area contributed by atoms with Gasteiger partial charge in [0.2, 0.25) is 0 Å². The molecule has 24 heavy (non-hydrogen) atoms. The summed E-state index contributed by atoms with van der Waals surface area (Å²) in [6.07, 6.45) is 0.475. The van der Waals surface area contributed by atoms with Gasteiger partial charge in [-0.15, -0.1) is 4.91 Å². The molecule has 0 heterocycles. The Hall–Kier alpha value is -3.09. The maximum atomic E-state index is 11.2. The van der Waals surface area contributed by atoms with Crippen molar-refractivity contribution in [3.63, 3.8) is 0 Å². The molecule has 0 aliphatic rings. The molecule has 0 aromatic heterocycles. The molecule has 2 rings (SSSR count). The molecule has 2 aromatic carbocycles. The van der Waals surface area contributed by atoms with Crippen molar-refractivity contribution in [3.05, 3.63) is 46.4 Å². The lowest BCUT2D eigenvalue weighted by molar-refractivity contribution is -0.140. The molecule has 0 aliphatic carbocycles. The van der Waals surface area contributed by atoms with Crippen molar-refractivity contribution >= 4 is 11.7 Å². The van der Waals surface area contributed by atoms with Gasteiger partial charge in [-0.25, -0.2) is 0 Å². The van der Waals surface area contributed by atoms with Crippen LogP contribution in [0.25, 0.3) is 0 Å². The van der Waals surface area contributed by atoms with Crippen molar-refractivity contribution < 1.29 is 24.5 Å². The highest BCUT2D eigenvalue weighted by molar-refractivity contribution is 5.69. The molecule has 0 spiro atoms. The van der Waals surface area contributed by atoms with E-state index in [9.17, 15) is 19.9 Å². The summed E-state index contributed by atoms with van der Waals surface area (Å²) < 4.78 is 10.2. The second-order valence-corrected chi connectivity index (χ2v) is 5.17. The zero-order valence-corrected chi connectivity index (χ0v) is 13.3. The Labute approximate surface area is 138 Å². The van der Waals surface area contributed by atoms with Crippen LogP contribution in [0.2, 0.25) is 0 Å². The number of carbonyl (C=O) groups excluding carboxylic acids is 1. The van der Waals surface area contributed by atoms with E-state index >= 15 is 0 Å². The first-order chi connectivity index (χ1) is 11.4. The predicted molar refractivity (Wildman–Crippen MR) is 86.8 cm³/mol. The van der Waals surface area contributed by atoms with Crippen LogP contribution >= 0.6 is 0 Å². The first kappa shape index (κ1) is 17.3. The Bertz CT molecular complexity index is 772. The molecule has 0 amide bonds. The number of phenols is 2. The van der Waals surface area contributed by atoms with Gasteiger partial charge >= 0.3 is 5.97 Å². The average Bonchev–Trinajstić information content (AvgIpc) is 2.56. The topological polar surface area (TPSA) is 105 Å². The number of phenolic OH excluding ortho intramolecular Hbond substituents is 2. The molecule has 126 valence electrons. The summed E-state index contributed by atoms with van der Waals surface area (Å²) in [5.74, 6) is -0.0947. The van der Waals surface area contributed by atoms with Gasteiger partial charge in [0.1, 0.15) is 17.2 Å². The van der Waals surface area contributed by atoms with Crippen LogP contribution in [0.15, 0.2) is 35.5 Å². The maximum Gasteiger partial charge on any atom is 0.305 e. The minimum atomic E-state index is -0.367. The van der Waals surface area contributed by atoms with E-state index in [0.29, 0.717) is 23.3 Å². The maximum absolute atomic E-state index is 11.2. The van der Waals surface area contributed by atoms with Gasteiger partial charge in [0.05, 0.1) is 7.11 Å². The highest BCUT2D eigenvalue weighted by atomic mass is 16.5. The second kappa shape index (κ2) is 7.45. The number of carbonyl (C=O) groups is 1. The quantitative estimate of drug-likeness (QED) is 0.617. The Morgan fingerprint density at radius 2 is 1.92 bits per heavy atom. The first-order valence-electron chi connectivity index (χ1n) is 7.18. The van der Waals surface area contributed by atoms with Crippen LogP contribution in [0.1, 0.15) is 17.5 Å². The molecule has 7 nitrogen and oxygen atoms in total. The predicted octanol–water partition coefficient (Wildman–Crippen LogP) is 3.70. The standard InChI is InChI=1S/C17H17NO6/c1-10-7-11(3-6-17(21)23-2)14(20)9-15(10)24-16-8-12(19)4-5-13(16)18-22/h4-5,7-9,19-20H,3,6H2,1-2H3. The molecule has 0 unspecified atom stereocenters. The Balaban J connectivity index is 2.26. The number of hydrogen-bond acceptors (Lipinski definition) is 7. The van der Waals surface area contributed by atoms with Gasteiger partial charge in [0.25, 0.3) is 0 Å². The minimum absolute atomic E-state index is 0.0291. The molecule has 0 radical (unpaired) electrons. The van der Waals surface area contributed by atoms with Gasteiger partial charge in [0, 0.05) is 18.6 Å². The van der Waals surface area contributed by atoms with Crippen LogP contribution in [0.4, 0.5) is 5.69 Å². The summed E-state index contributed by atoms with van der Waals surface area (Å²) in [6.45, 7) is 1.76. The summed E-state index contributed by atoms with van der Waals surface area (Å²) in [5, 5.41) is 22.4. The summed E-state index contributed by atoms with van der Waals surface area (Å²) >= 11 is 0. The SMILES string of the molecule is COC(=O)CCc1cc(C)c(Oc2cc(O)ccc2N=O)cc1O. The molecule has 0 saturated carbocycles. The molecule has 0 bridgehead atoms. The number of nitrogens with zero attached hydrogens (tertiary/aromatic N) is 1. The van der Waals surface area contributed by atoms with E-state index < -0.39 is 0 Å². The fourth-order valence-electron chi connectivity index (χ4n) is 2.16.